The van der Waals surface area contributed by atoms with Gasteiger partial charge in [-0.3, -0.25) is 4.79 Å². The first-order valence-corrected chi connectivity index (χ1v) is 8.79. The lowest BCUT2D eigenvalue weighted by Crippen LogP contribution is -2.39. The molecular formula is C18H26ClFN2O. The van der Waals surface area contributed by atoms with E-state index in [1.54, 1.807) is 0 Å². The molecule has 1 heterocycles. The number of amides is 1. The van der Waals surface area contributed by atoms with Crippen LogP contribution in [0, 0.1) is 17.7 Å². The third-order valence-electron chi connectivity index (χ3n) is 4.30. The Morgan fingerprint density at radius 1 is 1.30 bits per heavy atom. The highest BCUT2D eigenvalue weighted by atomic mass is 35.5. The maximum Gasteiger partial charge on any atom is 0.254 e. The van der Waals surface area contributed by atoms with Gasteiger partial charge in [0.2, 0.25) is 0 Å². The SMILES string of the molecule is C[C@@H]1C[C@@H](C)CN(CCCCNC(=O)c2cc(Cl)ccc2F)C1. The molecule has 23 heavy (non-hydrogen) atoms. The largest absolute Gasteiger partial charge is 0.352 e. The molecule has 128 valence electrons. The minimum atomic E-state index is -0.539. The Bertz CT molecular complexity index is 528. The van der Waals surface area contributed by atoms with Crippen LogP contribution in [0.15, 0.2) is 18.2 Å². The number of benzene rings is 1. The summed E-state index contributed by atoms with van der Waals surface area (Å²) >= 11 is 5.80. The molecule has 2 rings (SSSR count). The summed E-state index contributed by atoms with van der Waals surface area (Å²) in [5.41, 5.74) is 0.0104. The zero-order chi connectivity index (χ0) is 16.8. The van der Waals surface area contributed by atoms with E-state index in [-0.39, 0.29) is 5.56 Å². The van der Waals surface area contributed by atoms with Crippen molar-refractivity contribution in [2.75, 3.05) is 26.2 Å². The van der Waals surface area contributed by atoms with Gasteiger partial charge in [-0.25, -0.2) is 4.39 Å². The van der Waals surface area contributed by atoms with Gasteiger partial charge in [0.05, 0.1) is 5.56 Å². The van der Waals surface area contributed by atoms with E-state index in [0.717, 1.165) is 31.2 Å². The molecule has 0 bridgehead atoms. The number of rotatable bonds is 6. The van der Waals surface area contributed by atoms with Crippen LogP contribution in [0.5, 0.6) is 0 Å². The number of nitrogens with zero attached hydrogens (tertiary/aromatic N) is 1. The van der Waals surface area contributed by atoms with Crippen molar-refractivity contribution in [1.82, 2.24) is 10.2 Å². The molecule has 0 saturated carbocycles. The molecule has 1 amide bonds. The molecule has 0 aliphatic carbocycles. The van der Waals surface area contributed by atoms with Gasteiger partial charge in [0.1, 0.15) is 5.82 Å². The molecule has 1 N–H and O–H groups in total. The highest BCUT2D eigenvalue weighted by molar-refractivity contribution is 6.30. The molecule has 1 saturated heterocycles. The van der Waals surface area contributed by atoms with Crippen LogP contribution in [0.2, 0.25) is 5.02 Å². The Hall–Kier alpha value is -1.13. The van der Waals surface area contributed by atoms with Crippen molar-refractivity contribution in [2.24, 2.45) is 11.8 Å². The summed E-state index contributed by atoms with van der Waals surface area (Å²) in [4.78, 5) is 14.5. The maximum atomic E-state index is 13.6. The smallest absolute Gasteiger partial charge is 0.254 e. The third kappa shape index (κ3) is 5.78. The van der Waals surface area contributed by atoms with Crippen molar-refractivity contribution in [1.29, 1.82) is 0 Å². The standard InChI is InChI=1S/C18H26ClFN2O/c1-13-9-14(2)12-22(11-13)8-4-3-7-21-18(23)16-10-15(19)5-6-17(16)20/h5-6,10,13-14H,3-4,7-9,11-12H2,1-2H3,(H,21,23)/t13-,14-/m1/s1. The normalized spacial score (nSPS) is 22.1. The van der Waals surface area contributed by atoms with Crippen LogP contribution < -0.4 is 5.32 Å². The summed E-state index contributed by atoms with van der Waals surface area (Å²) in [6, 6.07) is 4.02. The molecule has 5 heteroatoms. The van der Waals surface area contributed by atoms with Crippen LogP contribution in [0.25, 0.3) is 0 Å². The fourth-order valence-corrected chi connectivity index (χ4v) is 3.58. The Morgan fingerprint density at radius 3 is 2.70 bits per heavy atom. The molecule has 0 spiro atoms. The number of carbonyl (C=O) groups excluding carboxylic acids is 1. The van der Waals surface area contributed by atoms with E-state index in [0.29, 0.717) is 11.6 Å². The van der Waals surface area contributed by atoms with E-state index in [1.165, 1.54) is 37.7 Å². The van der Waals surface area contributed by atoms with Crippen LogP contribution in [0.3, 0.4) is 0 Å². The van der Waals surface area contributed by atoms with Gasteiger partial charge in [0.25, 0.3) is 5.91 Å². The predicted molar refractivity (Wildman–Crippen MR) is 92.4 cm³/mol. The van der Waals surface area contributed by atoms with Gasteiger partial charge >= 0.3 is 0 Å². The molecule has 0 radical (unpaired) electrons. The molecule has 3 nitrogen and oxygen atoms in total. The molecule has 1 aliphatic rings. The van der Waals surface area contributed by atoms with Crippen molar-refractivity contribution in [2.45, 2.75) is 33.1 Å². The van der Waals surface area contributed by atoms with Gasteiger partial charge in [-0.2, -0.15) is 0 Å². The summed E-state index contributed by atoms with van der Waals surface area (Å²) in [7, 11) is 0. The number of carbonyl (C=O) groups is 1. The van der Waals surface area contributed by atoms with Gasteiger partial charge in [-0.05, 0) is 55.8 Å². The minimum absolute atomic E-state index is 0.0104. The number of unbranched alkanes of at least 4 members (excludes halogenated alkanes) is 1. The number of hydrogen-bond acceptors (Lipinski definition) is 2. The average molecular weight is 341 g/mol. The van der Waals surface area contributed by atoms with E-state index in [4.69, 9.17) is 11.6 Å². The topological polar surface area (TPSA) is 32.3 Å². The van der Waals surface area contributed by atoms with Crippen LogP contribution in [0.1, 0.15) is 43.5 Å². The number of piperidine rings is 1. The van der Waals surface area contributed by atoms with Gasteiger partial charge in [-0.15, -0.1) is 0 Å². The molecule has 1 aromatic rings. The van der Waals surface area contributed by atoms with E-state index in [1.807, 2.05) is 0 Å². The van der Waals surface area contributed by atoms with E-state index in [9.17, 15) is 9.18 Å². The molecule has 0 unspecified atom stereocenters. The summed E-state index contributed by atoms with van der Waals surface area (Å²) in [5.74, 6) is 0.599. The fourth-order valence-electron chi connectivity index (χ4n) is 3.40. The number of nitrogens with one attached hydrogen (secondary N) is 1. The summed E-state index contributed by atoms with van der Waals surface area (Å²) in [5, 5.41) is 3.13. The van der Waals surface area contributed by atoms with Crippen molar-refractivity contribution < 1.29 is 9.18 Å². The second-order valence-corrected chi connectivity index (χ2v) is 7.23. The van der Waals surface area contributed by atoms with Crippen molar-refractivity contribution in [3.63, 3.8) is 0 Å². The number of likely N-dealkylation sites (tertiary alicyclic amines) is 1. The summed E-state index contributed by atoms with van der Waals surface area (Å²) in [6.45, 7) is 8.58. The monoisotopic (exact) mass is 340 g/mol. The molecule has 1 aliphatic heterocycles. The van der Waals surface area contributed by atoms with Crippen molar-refractivity contribution in [3.8, 4) is 0 Å². The minimum Gasteiger partial charge on any atom is -0.352 e. The average Bonchev–Trinajstić information content (AvgIpc) is 2.48. The number of hydrogen-bond donors (Lipinski definition) is 1. The van der Waals surface area contributed by atoms with Crippen LogP contribution in [-0.2, 0) is 0 Å². The lowest BCUT2D eigenvalue weighted by Gasteiger charge is -2.34. The van der Waals surface area contributed by atoms with Crippen LogP contribution in [0.4, 0.5) is 4.39 Å². The van der Waals surface area contributed by atoms with E-state index >= 15 is 0 Å². The van der Waals surface area contributed by atoms with Gasteiger partial charge in [0, 0.05) is 24.7 Å². The van der Waals surface area contributed by atoms with Crippen molar-refractivity contribution in [3.05, 3.63) is 34.6 Å². The van der Waals surface area contributed by atoms with Gasteiger partial charge in [-0.1, -0.05) is 25.4 Å². The molecule has 0 aromatic heterocycles. The lowest BCUT2D eigenvalue weighted by molar-refractivity contribution is 0.0947. The Morgan fingerprint density at radius 2 is 2.00 bits per heavy atom. The highest BCUT2D eigenvalue weighted by Gasteiger charge is 2.21. The Kier molecular flexibility index (Phi) is 6.85. The maximum absolute atomic E-state index is 13.6. The second-order valence-electron chi connectivity index (χ2n) is 6.79. The molecule has 2 atom stereocenters. The third-order valence-corrected chi connectivity index (χ3v) is 4.54. The zero-order valence-electron chi connectivity index (χ0n) is 13.9. The second kappa shape index (κ2) is 8.65. The molecular weight excluding hydrogens is 315 g/mol. The first-order valence-electron chi connectivity index (χ1n) is 8.41. The molecule has 1 aromatic carbocycles. The Balaban J connectivity index is 1.67. The zero-order valence-corrected chi connectivity index (χ0v) is 14.7. The fraction of sp³-hybridized carbons (Fsp3) is 0.611. The lowest BCUT2D eigenvalue weighted by atomic mass is 9.92. The summed E-state index contributed by atoms with van der Waals surface area (Å²) in [6.07, 6.45) is 3.25. The summed E-state index contributed by atoms with van der Waals surface area (Å²) < 4.78 is 13.6. The molecule has 1 fully saturated rings. The Labute approximate surface area is 143 Å². The quantitative estimate of drug-likeness (QED) is 0.795. The van der Waals surface area contributed by atoms with Crippen molar-refractivity contribution >= 4 is 17.5 Å². The number of halogens is 2. The van der Waals surface area contributed by atoms with Crippen LogP contribution in [-0.4, -0.2) is 37.0 Å². The van der Waals surface area contributed by atoms with Crippen LogP contribution >= 0.6 is 11.6 Å². The van der Waals surface area contributed by atoms with E-state index < -0.39 is 11.7 Å². The predicted octanol–water partition coefficient (Wildman–Crippen LogP) is 3.97. The first-order chi connectivity index (χ1) is 11.0. The first kappa shape index (κ1) is 18.2. The van der Waals surface area contributed by atoms with E-state index in [2.05, 4.69) is 24.1 Å². The van der Waals surface area contributed by atoms with Gasteiger partial charge in [0.15, 0.2) is 0 Å². The highest BCUT2D eigenvalue weighted by Crippen LogP contribution is 2.21. The van der Waals surface area contributed by atoms with Gasteiger partial charge < -0.3 is 10.2 Å².